The molecule has 144 valence electrons. The van der Waals surface area contributed by atoms with Gasteiger partial charge in [0.15, 0.2) is 5.78 Å². The van der Waals surface area contributed by atoms with Crippen LogP contribution < -0.4 is 0 Å². The Morgan fingerprint density at radius 3 is 2.81 bits per heavy atom. The number of allylic oxidation sites excluding steroid dienone is 4. The lowest BCUT2D eigenvalue weighted by molar-refractivity contribution is -0.141. The molecule has 0 spiro atoms. The van der Waals surface area contributed by atoms with Gasteiger partial charge < -0.3 is 10.2 Å². The summed E-state index contributed by atoms with van der Waals surface area (Å²) in [6, 6.07) is 0. The van der Waals surface area contributed by atoms with Crippen LogP contribution in [0.2, 0.25) is 0 Å². The highest BCUT2D eigenvalue weighted by Gasteiger charge is 2.61. The number of ketones is 1. The van der Waals surface area contributed by atoms with Crippen LogP contribution >= 0.6 is 0 Å². The number of fused-ring (bicyclic) bond motifs is 5. The Morgan fingerprint density at radius 2 is 2.11 bits per heavy atom. The van der Waals surface area contributed by atoms with E-state index in [1.807, 2.05) is 0 Å². The van der Waals surface area contributed by atoms with Crippen LogP contribution in [-0.4, -0.2) is 27.6 Å². The zero-order valence-electron chi connectivity index (χ0n) is 16.0. The third-order valence-electron chi connectivity index (χ3n) is 8.23. The summed E-state index contributed by atoms with van der Waals surface area (Å²) < 4.78 is 0. The molecule has 4 heteroatoms. The van der Waals surface area contributed by atoms with E-state index in [0.29, 0.717) is 37.5 Å². The van der Waals surface area contributed by atoms with Crippen LogP contribution in [-0.2, 0) is 9.59 Å². The first kappa shape index (κ1) is 18.5. The summed E-state index contributed by atoms with van der Waals surface area (Å²) in [5.41, 5.74) is 0.740. The molecule has 0 aromatic carbocycles. The first-order valence-corrected chi connectivity index (χ1v) is 10.1. The van der Waals surface area contributed by atoms with Crippen molar-refractivity contribution in [1.29, 1.82) is 0 Å². The molecule has 4 aliphatic carbocycles. The summed E-state index contributed by atoms with van der Waals surface area (Å²) in [4.78, 5) is 23.0. The maximum absolute atomic E-state index is 11.9. The molecule has 0 aromatic heterocycles. The molecule has 0 radical (unpaired) electrons. The molecule has 0 aliphatic heterocycles. The summed E-state index contributed by atoms with van der Waals surface area (Å²) in [5, 5.41) is 20.5. The lowest BCUT2D eigenvalue weighted by Gasteiger charge is -2.54. The van der Waals surface area contributed by atoms with Gasteiger partial charge in [-0.2, -0.15) is 0 Å². The molecule has 27 heavy (non-hydrogen) atoms. The Morgan fingerprint density at radius 1 is 1.33 bits per heavy atom. The molecule has 0 aromatic rings. The van der Waals surface area contributed by atoms with Gasteiger partial charge in [-0.15, -0.1) is 6.42 Å². The molecular weight excluding hydrogens is 340 g/mol. The van der Waals surface area contributed by atoms with Gasteiger partial charge in [0, 0.05) is 18.3 Å². The summed E-state index contributed by atoms with van der Waals surface area (Å²) in [6.45, 7) is 2.14. The average Bonchev–Trinajstić information content (AvgIpc) is 2.91. The molecule has 2 fully saturated rings. The van der Waals surface area contributed by atoms with E-state index in [1.165, 1.54) is 5.57 Å². The van der Waals surface area contributed by atoms with E-state index in [4.69, 9.17) is 11.5 Å². The zero-order valence-corrected chi connectivity index (χ0v) is 16.0. The SMILES string of the molecule is C#C[C@]12CCC(=O)C=C1CC[C@@H]1C2=CC[C@@]2(C)[C@H]1CC[C@@]2(O)CCC(=O)O. The number of carbonyl (C=O) groups excluding carboxylic acids is 1. The molecule has 4 rings (SSSR count). The highest BCUT2D eigenvalue weighted by atomic mass is 16.4. The minimum atomic E-state index is -0.931. The lowest BCUT2D eigenvalue weighted by atomic mass is 9.50. The normalized spacial score (nSPS) is 42.9. The Labute approximate surface area is 160 Å². The third-order valence-corrected chi connectivity index (χ3v) is 8.23. The molecule has 0 amide bonds. The minimum absolute atomic E-state index is 0.00331. The monoisotopic (exact) mass is 368 g/mol. The highest BCUT2D eigenvalue weighted by molar-refractivity contribution is 5.92. The Balaban J connectivity index is 1.71. The van der Waals surface area contributed by atoms with Crippen LogP contribution in [0.15, 0.2) is 23.3 Å². The van der Waals surface area contributed by atoms with Crippen LogP contribution in [0.1, 0.15) is 64.7 Å². The topological polar surface area (TPSA) is 74.6 Å². The first-order valence-electron chi connectivity index (χ1n) is 10.1. The van der Waals surface area contributed by atoms with E-state index in [2.05, 4.69) is 18.9 Å². The number of carboxylic acid groups (broad SMARTS) is 1. The molecule has 0 saturated heterocycles. The van der Waals surface area contributed by atoms with Gasteiger partial charge in [0.25, 0.3) is 0 Å². The number of aliphatic hydroxyl groups is 1. The average molecular weight is 368 g/mol. The Kier molecular flexibility index (Phi) is 4.16. The maximum atomic E-state index is 11.9. The van der Waals surface area contributed by atoms with Gasteiger partial charge in [-0.1, -0.05) is 18.9 Å². The molecule has 2 N–H and O–H groups in total. The van der Waals surface area contributed by atoms with Gasteiger partial charge in [-0.3, -0.25) is 9.59 Å². The fourth-order valence-corrected chi connectivity index (χ4v) is 6.63. The fourth-order valence-electron chi connectivity index (χ4n) is 6.63. The van der Waals surface area contributed by atoms with E-state index in [9.17, 15) is 14.7 Å². The van der Waals surface area contributed by atoms with Crippen molar-refractivity contribution >= 4 is 11.8 Å². The van der Waals surface area contributed by atoms with Gasteiger partial charge in [-0.25, -0.2) is 0 Å². The molecule has 0 heterocycles. The smallest absolute Gasteiger partial charge is 0.303 e. The predicted molar refractivity (Wildman–Crippen MR) is 102 cm³/mol. The van der Waals surface area contributed by atoms with E-state index in [1.54, 1.807) is 6.08 Å². The lowest BCUT2D eigenvalue weighted by Crippen LogP contribution is -2.51. The summed E-state index contributed by atoms with van der Waals surface area (Å²) >= 11 is 0. The van der Waals surface area contributed by atoms with Gasteiger partial charge in [0.1, 0.15) is 0 Å². The van der Waals surface area contributed by atoms with Gasteiger partial charge in [0.05, 0.1) is 11.0 Å². The second kappa shape index (κ2) is 6.07. The molecule has 0 bridgehead atoms. The molecule has 0 unspecified atom stereocenters. The van der Waals surface area contributed by atoms with Crippen molar-refractivity contribution in [2.24, 2.45) is 22.7 Å². The zero-order chi connectivity index (χ0) is 19.4. The Bertz CT molecular complexity index is 800. The van der Waals surface area contributed by atoms with Gasteiger partial charge >= 0.3 is 5.97 Å². The van der Waals surface area contributed by atoms with Crippen molar-refractivity contribution in [2.75, 3.05) is 0 Å². The number of terminal acetylenes is 1. The predicted octanol–water partition coefficient (Wildman–Crippen LogP) is 3.65. The van der Waals surface area contributed by atoms with Crippen LogP contribution in [0.5, 0.6) is 0 Å². The number of hydrogen-bond acceptors (Lipinski definition) is 3. The number of hydrogen-bond donors (Lipinski definition) is 2. The van der Waals surface area contributed by atoms with Crippen LogP contribution in [0.4, 0.5) is 0 Å². The number of carbonyl (C=O) groups is 2. The minimum Gasteiger partial charge on any atom is -0.481 e. The molecule has 5 atom stereocenters. The van der Waals surface area contributed by atoms with E-state index < -0.39 is 17.0 Å². The van der Waals surface area contributed by atoms with E-state index >= 15 is 0 Å². The van der Waals surface area contributed by atoms with E-state index in [-0.39, 0.29) is 17.6 Å². The van der Waals surface area contributed by atoms with Crippen molar-refractivity contribution in [3.63, 3.8) is 0 Å². The Hall–Kier alpha value is -1.86. The standard InChI is InChI=1S/C23H28O4/c1-3-22-11-6-16(24)14-15(22)4-5-17-18-8-12-23(27,13-9-20(25)26)21(18,2)10-7-19(17)22/h1,7,14,17-18,27H,4-6,8-13H2,2H3,(H,25,26)/t17-,18-,21-,22-,23+/m0/s1. The van der Waals surface area contributed by atoms with Crippen molar-refractivity contribution in [2.45, 2.75) is 70.3 Å². The number of carboxylic acids is 1. The fraction of sp³-hybridized carbons (Fsp3) is 0.652. The molecule has 4 aliphatic rings. The first-order chi connectivity index (χ1) is 12.8. The summed E-state index contributed by atoms with van der Waals surface area (Å²) in [6.07, 6.45) is 15.7. The summed E-state index contributed by atoms with van der Waals surface area (Å²) in [7, 11) is 0. The third kappa shape index (κ3) is 2.48. The number of rotatable bonds is 3. The van der Waals surface area contributed by atoms with Gasteiger partial charge in [-0.05, 0) is 74.0 Å². The quantitative estimate of drug-likeness (QED) is 0.589. The molecule has 2 saturated carbocycles. The number of aliphatic carboxylic acids is 1. The van der Waals surface area contributed by atoms with Crippen LogP contribution in [0, 0.1) is 35.0 Å². The second-order valence-electron chi connectivity index (χ2n) is 9.18. The van der Waals surface area contributed by atoms with Crippen molar-refractivity contribution in [3.8, 4) is 12.3 Å². The largest absolute Gasteiger partial charge is 0.481 e. The van der Waals surface area contributed by atoms with Crippen molar-refractivity contribution < 1.29 is 19.8 Å². The van der Waals surface area contributed by atoms with Gasteiger partial charge in [0.2, 0.25) is 0 Å². The van der Waals surface area contributed by atoms with Crippen LogP contribution in [0.3, 0.4) is 0 Å². The molecular formula is C23H28O4. The second-order valence-corrected chi connectivity index (χ2v) is 9.18. The van der Waals surface area contributed by atoms with Crippen molar-refractivity contribution in [1.82, 2.24) is 0 Å². The highest BCUT2D eigenvalue weighted by Crippen LogP contribution is 2.66. The van der Waals surface area contributed by atoms with E-state index in [0.717, 1.165) is 31.3 Å². The van der Waals surface area contributed by atoms with Crippen molar-refractivity contribution in [3.05, 3.63) is 23.3 Å². The van der Waals surface area contributed by atoms with Crippen LogP contribution in [0.25, 0.3) is 0 Å². The molecule has 4 nitrogen and oxygen atoms in total. The summed E-state index contributed by atoms with van der Waals surface area (Å²) in [5.74, 6) is 3.03. The maximum Gasteiger partial charge on any atom is 0.303 e.